The first-order valence-electron chi connectivity index (χ1n) is 12.0. The number of likely N-dealkylation sites (N-methyl/N-ethyl adjacent to an activating group) is 1. The molecule has 1 aliphatic heterocycles. The van der Waals surface area contributed by atoms with Crippen LogP contribution in [0, 0.1) is 0 Å². The molecule has 5 rings (SSSR count). The first-order chi connectivity index (χ1) is 17.5. The van der Waals surface area contributed by atoms with E-state index in [0.29, 0.717) is 23.0 Å². The summed E-state index contributed by atoms with van der Waals surface area (Å²) < 4.78 is 3.90. The second-order valence-corrected chi connectivity index (χ2v) is 9.07. The first kappa shape index (κ1) is 23.4. The average molecular weight is 485 g/mol. The van der Waals surface area contributed by atoms with Gasteiger partial charge < -0.3 is 10.6 Å². The number of rotatable bonds is 7. The maximum atomic E-state index is 12.6. The Morgan fingerprint density at radius 3 is 2.44 bits per heavy atom. The lowest BCUT2D eigenvalue weighted by Crippen LogP contribution is -2.45. The third-order valence-electron chi connectivity index (χ3n) is 5.96. The number of carbonyl (C=O) groups excluding carboxylic acids is 1. The fraction of sp³-hybridized carbons (Fsp3) is 0.269. The molecule has 2 aromatic heterocycles. The lowest BCUT2D eigenvalue weighted by Gasteiger charge is -2.17. The van der Waals surface area contributed by atoms with Crippen LogP contribution in [0.5, 0.6) is 0 Å². The summed E-state index contributed by atoms with van der Waals surface area (Å²) in [7, 11) is 2.06. The molecule has 0 atom stereocenters. The number of hydrogen-bond acceptors (Lipinski definition) is 7. The molecule has 0 spiro atoms. The number of fused-ring (bicyclic) bond motifs is 1. The van der Waals surface area contributed by atoms with Crippen LogP contribution < -0.4 is 16.1 Å². The molecule has 1 aliphatic rings. The molecule has 0 radical (unpaired) electrons. The third-order valence-corrected chi connectivity index (χ3v) is 5.96. The molecule has 10 nitrogen and oxygen atoms in total. The van der Waals surface area contributed by atoms with Gasteiger partial charge in [0, 0.05) is 23.0 Å². The number of imidazole rings is 1. The van der Waals surface area contributed by atoms with E-state index in [4.69, 9.17) is 9.97 Å². The van der Waals surface area contributed by atoms with Crippen LogP contribution in [0.3, 0.4) is 0 Å². The Morgan fingerprint density at radius 2 is 1.75 bits per heavy atom. The molecule has 3 heterocycles. The van der Waals surface area contributed by atoms with Gasteiger partial charge in [-0.2, -0.15) is 4.98 Å². The van der Waals surface area contributed by atoms with Gasteiger partial charge in [-0.05, 0) is 57.3 Å². The fourth-order valence-electron chi connectivity index (χ4n) is 4.01. The summed E-state index contributed by atoms with van der Waals surface area (Å²) in [6.07, 6.45) is 3.70. The molecule has 0 saturated carbocycles. The van der Waals surface area contributed by atoms with Gasteiger partial charge >= 0.3 is 5.91 Å². The highest BCUT2D eigenvalue weighted by Crippen LogP contribution is 2.26. The van der Waals surface area contributed by atoms with Crippen molar-refractivity contribution < 1.29 is 9.48 Å². The summed E-state index contributed by atoms with van der Waals surface area (Å²) in [4.78, 5) is 28.7. The quantitative estimate of drug-likeness (QED) is 0.345. The highest BCUT2D eigenvalue weighted by molar-refractivity contribution is 5.93. The number of hydrazine groups is 1. The topological polar surface area (TPSA) is 103 Å². The molecule has 0 bridgehead atoms. The van der Waals surface area contributed by atoms with E-state index in [1.165, 1.54) is 0 Å². The van der Waals surface area contributed by atoms with Gasteiger partial charge in [0.2, 0.25) is 11.9 Å². The number of aromatic nitrogens is 4. The van der Waals surface area contributed by atoms with Crippen molar-refractivity contribution >= 4 is 46.6 Å². The number of hydrazone groups is 1. The van der Waals surface area contributed by atoms with Crippen LogP contribution in [0.25, 0.3) is 11.2 Å². The van der Waals surface area contributed by atoms with E-state index in [1.807, 2.05) is 53.4 Å². The van der Waals surface area contributed by atoms with E-state index in [0.717, 1.165) is 36.7 Å². The van der Waals surface area contributed by atoms with Crippen molar-refractivity contribution in [1.82, 2.24) is 29.8 Å². The molecular weight excluding hydrogens is 454 g/mol. The van der Waals surface area contributed by atoms with Crippen LogP contribution in [0.2, 0.25) is 0 Å². The molecule has 0 unspecified atom stereocenters. The molecule has 10 heteroatoms. The molecule has 1 amide bonds. The van der Waals surface area contributed by atoms with Crippen molar-refractivity contribution in [2.24, 2.45) is 0 Å². The van der Waals surface area contributed by atoms with Crippen molar-refractivity contribution in [3.63, 3.8) is 0 Å². The highest BCUT2D eigenvalue weighted by atomic mass is 16.2. The van der Waals surface area contributed by atoms with Crippen LogP contribution >= 0.6 is 0 Å². The lowest BCUT2D eigenvalue weighted by molar-refractivity contribution is -0.573. The van der Waals surface area contributed by atoms with E-state index < -0.39 is 0 Å². The van der Waals surface area contributed by atoms with Crippen LogP contribution in [0.15, 0.2) is 60.8 Å². The smallest absolute Gasteiger partial charge is 0.304 e. The van der Waals surface area contributed by atoms with E-state index in [-0.39, 0.29) is 11.9 Å². The van der Waals surface area contributed by atoms with Crippen molar-refractivity contribution in [2.45, 2.75) is 19.9 Å². The second-order valence-electron chi connectivity index (χ2n) is 9.07. The zero-order valence-corrected chi connectivity index (χ0v) is 20.6. The normalized spacial score (nSPS) is 14.1. The summed E-state index contributed by atoms with van der Waals surface area (Å²) in [5.41, 5.74) is 6.70. The summed E-state index contributed by atoms with van der Waals surface area (Å²) in [6.45, 7) is 6.67. The van der Waals surface area contributed by atoms with Crippen molar-refractivity contribution in [1.29, 1.82) is 0 Å². The first-order valence-corrected chi connectivity index (χ1v) is 12.0. The Balaban J connectivity index is 1.32. The minimum atomic E-state index is -0.140. The second kappa shape index (κ2) is 10.1. The molecule has 3 N–H and O–H groups in total. The minimum absolute atomic E-state index is 0.138. The summed E-state index contributed by atoms with van der Waals surface area (Å²) in [5.74, 6) is 1.03. The van der Waals surface area contributed by atoms with Crippen molar-refractivity contribution in [3.05, 3.63) is 66.4 Å². The number of anilines is 4. The number of benzene rings is 2. The number of amides is 1. The molecule has 0 aliphatic carbocycles. The van der Waals surface area contributed by atoms with Gasteiger partial charge in [0.05, 0.1) is 19.3 Å². The van der Waals surface area contributed by atoms with Crippen molar-refractivity contribution in [2.75, 3.05) is 37.3 Å². The SMILES string of the molecule is CC(C)n1c(Nc2ccccc2)nc2cnc(Nc3ccc(C(=O)N[N+]4=CCN(C)CC4)cc3)nc21. The largest absolute Gasteiger partial charge is 0.326 e. The van der Waals surface area contributed by atoms with Gasteiger partial charge in [-0.15, -0.1) is 10.1 Å². The van der Waals surface area contributed by atoms with E-state index in [2.05, 4.69) is 51.4 Å². The summed E-state index contributed by atoms with van der Waals surface area (Å²) >= 11 is 0. The molecule has 2 aromatic carbocycles. The fourth-order valence-corrected chi connectivity index (χ4v) is 4.01. The molecule has 184 valence electrons. The number of nitrogens with one attached hydrogen (secondary N) is 3. The van der Waals surface area contributed by atoms with Gasteiger partial charge in [-0.3, -0.25) is 14.3 Å². The van der Waals surface area contributed by atoms with E-state index >= 15 is 0 Å². The van der Waals surface area contributed by atoms with Crippen LogP contribution in [-0.2, 0) is 0 Å². The van der Waals surface area contributed by atoms with Gasteiger partial charge in [0.15, 0.2) is 18.4 Å². The molecule has 0 saturated heterocycles. The van der Waals surface area contributed by atoms with E-state index in [1.54, 1.807) is 18.3 Å². The number of carbonyl (C=O) groups is 1. The summed E-state index contributed by atoms with van der Waals surface area (Å²) in [6, 6.07) is 17.3. The maximum absolute atomic E-state index is 12.6. The molecule has 4 aromatic rings. The lowest BCUT2D eigenvalue weighted by atomic mass is 10.2. The Hall–Kier alpha value is -4.31. The number of para-hydroxylation sites is 1. The Labute approximate surface area is 209 Å². The predicted molar refractivity (Wildman–Crippen MR) is 141 cm³/mol. The maximum Gasteiger partial charge on any atom is 0.304 e. The standard InChI is InChI=1S/C26H29N9O/c1-18(2)35-23-22(30-26(35)29-20-7-5-4-6-8-20)17-27-25(31-23)28-21-11-9-19(10-12-21)24(36)32-34-15-13-33(3)14-16-34/h4-12,15,17-18H,13-14,16H2,1-3H3,(H2-,27,28,29,30,31,32,36)/p+1. The highest BCUT2D eigenvalue weighted by Gasteiger charge is 2.18. The van der Waals surface area contributed by atoms with E-state index in [9.17, 15) is 4.79 Å². The third kappa shape index (κ3) is 5.18. The zero-order chi connectivity index (χ0) is 25.1. The Bertz CT molecular complexity index is 1390. The zero-order valence-electron chi connectivity index (χ0n) is 20.6. The summed E-state index contributed by atoms with van der Waals surface area (Å²) in [5, 5.41) is 6.61. The van der Waals surface area contributed by atoms with Crippen LogP contribution in [0.1, 0.15) is 30.2 Å². The van der Waals surface area contributed by atoms with Gasteiger partial charge in [0.1, 0.15) is 5.52 Å². The Kier molecular flexibility index (Phi) is 6.59. The molecule has 36 heavy (non-hydrogen) atoms. The minimum Gasteiger partial charge on any atom is -0.326 e. The predicted octanol–water partition coefficient (Wildman–Crippen LogP) is 3.57. The molecular formula is C26H30N9O+. The van der Waals surface area contributed by atoms with Crippen LogP contribution in [0.4, 0.5) is 23.3 Å². The van der Waals surface area contributed by atoms with Crippen molar-refractivity contribution in [3.8, 4) is 0 Å². The number of nitrogens with zero attached hydrogens (tertiary/aromatic N) is 6. The Morgan fingerprint density at radius 1 is 1.00 bits per heavy atom. The van der Waals surface area contributed by atoms with Gasteiger partial charge in [-0.25, -0.2) is 9.97 Å². The number of hydrogen-bond donors (Lipinski definition) is 3. The molecule has 0 fully saturated rings. The van der Waals surface area contributed by atoms with Gasteiger partial charge in [0.25, 0.3) is 0 Å². The van der Waals surface area contributed by atoms with Crippen LogP contribution in [-0.4, -0.2) is 67.9 Å². The van der Waals surface area contributed by atoms with Gasteiger partial charge in [-0.1, -0.05) is 18.2 Å². The monoisotopic (exact) mass is 484 g/mol. The average Bonchev–Trinajstić information content (AvgIpc) is 3.23.